The molecule has 3 fully saturated rings. The molecule has 0 bridgehead atoms. The molecule has 0 unspecified atom stereocenters. The smallest absolute Gasteiger partial charge is 0.410 e. The molecular weight excluding hydrogens is 334 g/mol. The number of rotatable bonds is 6. The molecule has 0 radical (unpaired) electrons. The highest BCUT2D eigenvalue weighted by Gasteiger charge is 2.48. The van der Waals surface area contributed by atoms with Gasteiger partial charge in [-0.15, -0.1) is 0 Å². The Bertz CT molecular complexity index is 557. The molecule has 7 heteroatoms. The summed E-state index contributed by atoms with van der Waals surface area (Å²) >= 11 is 0. The average molecular weight is 365 g/mol. The Kier molecular flexibility index (Phi) is 5.73. The molecule has 3 rings (SSSR count). The van der Waals surface area contributed by atoms with Gasteiger partial charge in [-0.3, -0.25) is 9.59 Å². The Labute approximate surface area is 155 Å². The van der Waals surface area contributed by atoms with Crippen molar-refractivity contribution in [1.29, 1.82) is 0 Å². The largest absolute Gasteiger partial charge is 0.441 e. The first-order valence-electron chi connectivity index (χ1n) is 9.99. The van der Waals surface area contributed by atoms with Crippen LogP contribution in [0.15, 0.2) is 0 Å². The lowest BCUT2D eigenvalue weighted by Gasteiger charge is -2.37. The van der Waals surface area contributed by atoms with Gasteiger partial charge in [0.25, 0.3) is 0 Å². The molecule has 7 nitrogen and oxygen atoms in total. The maximum Gasteiger partial charge on any atom is 0.410 e. The maximum absolute atomic E-state index is 12.5. The standard InChI is InChI=1S/C19H31N3O4/c1-3-5-15(2)22-14-19(26-18(22)25)8-12-21(13-9-19)17(24)7-11-20-10-4-6-16(20)23/h15H,3-14H2,1-2H3/t15-/m1/s1. The molecule has 26 heavy (non-hydrogen) atoms. The molecule has 1 spiro atoms. The van der Waals surface area contributed by atoms with E-state index >= 15 is 0 Å². The van der Waals surface area contributed by atoms with Gasteiger partial charge in [-0.25, -0.2) is 4.79 Å². The summed E-state index contributed by atoms with van der Waals surface area (Å²) in [7, 11) is 0. The van der Waals surface area contributed by atoms with Crippen molar-refractivity contribution in [3.63, 3.8) is 0 Å². The third-order valence-electron chi connectivity index (χ3n) is 6.03. The van der Waals surface area contributed by atoms with Crippen molar-refractivity contribution in [2.75, 3.05) is 32.7 Å². The van der Waals surface area contributed by atoms with Crippen molar-refractivity contribution in [1.82, 2.24) is 14.7 Å². The van der Waals surface area contributed by atoms with Crippen molar-refractivity contribution in [3.05, 3.63) is 0 Å². The molecule has 0 aromatic rings. The monoisotopic (exact) mass is 365 g/mol. The van der Waals surface area contributed by atoms with Gasteiger partial charge in [0.05, 0.1) is 6.54 Å². The van der Waals surface area contributed by atoms with E-state index in [0.717, 1.165) is 25.8 Å². The topological polar surface area (TPSA) is 70.2 Å². The van der Waals surface area contributed by atoms with Crippen molar-refractivity contribution in [2.45, 2.75) is 70.4 Å². The lowest BCUT2D eigenvalue weighted by atomic mass is 9.90. The highest BCUT2D eigenvalue weighted by atomic mass is 16.6. The van der Waals surface area contributed by atoms with Gasteiger partial charge in [-0.05, 0) is 19.8 Å². The zero-order chi connectivity index (χ0) is 18.7. The van der Waals surface area contributed by atoms with E-state index in [-0.39, 0.29) is 23.9 Å². The molecular formula is C19H31N3O4. The Balaban J connectivity index is 1.47. The van der Waals surface area contributed by atoms with E-state index in [9.17, 15) is 14.4 Å². The lowest BCUT2D eigenvalue weighted by molar-refractivity contribution is -0.135. The summed E-state index contributed by atoms with van der Waals surface area (Å²) in [4.78, 5) is 41.8. The van der Waals surface area contributed by atoms with Gasteiger partial charge in [-0.2, -0.15) is 0 Å². The first kappa shape index (κ1) is 19.0. The number of carbonyl (C=O) groups is 3. The number of hydrogen-bond donors (Lipinski definition) is 0. The third-order valence-corrected chi connectivity index (χ3v) is 6.03. The van der Waals surface area contributed by atoms with Gasteiger partial charge >= 0.3 is 6.09 Å². The molecule has 1 atom stereocenters. The van der Waals surface area contributed by atoms with Crippen molar-refractivity contribution in [3.8, 4) is 0 Å². The molecule has 0 aliphatic carbocycles. The predicted molar refractivity (Wildman–Crippen MR) is 96.5 cm³/mol. The van der Waals surface area contributed by atoms with Gasteiger partial charge in [0.2, 0.25) is 11.8 Å². The molecule has 3 heterocycles. The number of amides is 3. The summed E-state index contributed by atoms with van der Waals surface area (Å²) in [5.41, 5.74) is -0.430. The van der Waals surface area contributed by atoms with Crippen LogP contribution in [0.4, 0.5) is 4.79 Å². The van der Waals surface area contributed by atoms with Gasteiger partial charge in [0, 0.05) is 57.9 Å². The first-order chi connectivity index (χ1) is 12.4. The van der Waals surface area contributed by atoms with E-state index in [4.69, 9.17) is 4.74 Å². The lowest BCUT2D eigenvalue weighted by Crippen LogP contribution is -2.49. The minimum Gasteiger partial charge on any atom is -0.441 e. The number of hydrogen-bond acceptors (Lipinski definition) is 4. The van der Waals surface area contributed by atoms with Gasteiger partial charge < -0.3 is 19.4 Å². The zero-order valence-corrected chi connectivity index (χ0v) is 16.0. The highest BCUT2D eigenvalue weighted by molar-refractivity contribution is 5.80. The fourth-order valence-electron chi connectivity index (χ4n) is 4.31. The number of carbonyl (C=O) groups excluding carboxylic acids is 3. The summed E-state index contributed by atoms with van der Waals surface area (Å²) in [6, 6.07) is 0.199. The van der Waals surface area contributed by atoms with Crippen molar-refractivity contribution < 1.29 is 19.1 Å². The minimum atomic E-state index is -0.430. The summed E-state index contributed by atoms with van der Waals surface area (Å²) in [6.45, 7) is 7.37. The molecule has 3 aliphatic rings. The van der Waals surface area contributed by atoms with Crippen LogP contribution in [0.1, 0.15) is 58.8 Å². The Morgan fingerprint density at radius 1 is 1.23 bits per heavy atom. The molecule has 0 aromatic carbocycles. The quantitative estimate of drug-likeness (QED) is 0.722. The molecule has 3 saturated heterocycles. The fourth-order valence-corrected chi connectivity index (χ4v) is 4.31. The third kappa shape index (κ3) is 3.96. The van der Waals surface area contributed by atoms with Crippen LogP contribution in [0.3, 0.4) is 0 Å². The Hall–Kier alpha value is -1.79. The van der Waals surface area contributed by atoms with Crippen LogP contribution >= 0.6 is 0 Å². The highest BCUT2D eigenvalue weighted by Crippen LogP contribution is 2.34. The van der Waals surface area contributed by atoms with Gasteiger partial charge in [0.1, 0.15) is 5.60 Å². The second kappa shape index (κ2) is 7.84. The second-order valence-corrected chi connectivity index (χ2v) is 7.93. The van der Waals surface area contributed by atoms with E-state index < -0.39 is 5.60 Å². The van der Waals surface area contributed by atoms with Crippen LogP contribution in [0.25, 0.3) is 0 Å². The number of nitrogens with zero attached hydrogens (tertiary/aromatic N) is 3. The molecule has 0 saturated carbocycles. The maximum atomic E-state index is 12.5. The molecule has 146 valence electrons. The van der Waals surface area contributed by atoms with E-state index in [0.29, 0.717) is 51.9 Å². The average Bonchev–Trinajstić information content (AvgIpc) is 3.17. The van der Waals surface area contributed by atoms with E-state index in [1.807, 2.05) is 9.80 Å². The number of likely N-dealkylation sites (tertiary alicyclic amines) is 2. The second-order valence-electron chi connectivity index (χ2n) is 7.93. The SMILES string of the molecule is CCC[C@@H](C)N1CC2(CCN(C(=O)CCN3CCCC3=O)CC2)OC1=O. The van der Waals surface area contributed by atoms with Crippen LogP contribution in [0.2, 0.25) is 0 Å². The van der Waals surface area contributed by atoms with E-state index in [2.05, 4.69) is 13.8 Å². The van der Waals surface area contributed by atoms with Crippen LogP contribution in [0.5, 0.6) is 0 Å². The zero-order valence-electron chi connectivity index (χ0n) is 16.0. The first-order valence-corrected chi connectivity index (χ1v) is 9.99. The van der Waals surface area contributed by atoms with Gasteiger partial charge in [0.15, 0.2) is 0 Å². The summed E-state index contributed by atoms with van der Waals surface area (Å²) < 4.78 is 5.75. The predicted octanol–water partition coefficient (Wildman–Crippen LogP) is 2.00. The normalized spacial score (nSPS) is 23.7. The minimum absolute atomic E-state index is 0.0973. The molecule has 3 amide bonds. The van der Waals surface area contributed by atoms with Gasteiger partial charge in [-0.1, -0.05) is 13.3 Å². The summed E-state index contributed by atoms with van der Waals surface area (Å²) in [5.74, 6) is 0.259. The fraction of sp³-hybridized carbons (Fsp3) is 0.842. The summed E-state index contributed by atoms with van der Waals surface area (Å²) in [5, 5.41) is 0. The van der Waals surface area contributed by atoms with Crippen LogP contribution < -0.4 is 0 Å². The summed E-state index contributed by atoms with van der Waals surface area (Å²) in [6.07, 6.45) is 5.10. The van der Waals surface area contributed by atoms with Crippen molar-refractivity contribution >= 4 is 17.9 Å². The van der Waals surface area contributed by atoms with E-state index in [1.54, 1.807) is 4.90 Å². The molecule has 3 aliphatic heterocycles. The van der Waals surface area contributed by atoms with Crippen LogP contribution in [-0.2, 0) is 14.3 Å². The van der Waals surface area contributed by atoms with E-state index in [1.165, 1.54) is 0 Å². The molecule has 0 N–H and O–H groups in total. The Morgan fingerprint density at radius 2 is 1.96 bits per heavy atom. The number of piperidine rings is 1. The van der Waals surface area contributed by atoms with Crippen molar-refractivity contribution in [2.24, 2.45) is 0 Å². The Morgan fingerprint density at radius 3 is 2.58 bits per heavy atom. The van der Waals surface area contributed by atoms with Crippen LogP contribution in [0, 0.1) is 0 Å². The van der Waals surface area contributed by atoms with Crippen LogP contribution in [-0.4, -0.2) is 77.0 Å². The number of ether oxygens (including phenoxy) is 1. The molecule has 0 aromatic heterocycles.